The fourth-order valence-corrected chi connectivity index (χ4v) is 2.28. The van der Waals surface area contributed by atoms with Crippen LogP contribution in [0.4, 0.5) is 0 Å². The van der Waals surface area contributed by atoms with Gasteiger partial charge in [0.25, 0.3) is 0 Å². The van der Waals surface area contributed by atoms with Gasteiger partial charge in [-0.05, 0) is 33.3 Å². The standard InChI is InChI=1S/C15H23NO3/c1-9-7-10(2)12(18-5)11(8-9)13(16)15(3,4)14(17)19-6/h7-8,13H,16H2,1-6H3. The van der Waals surface area contributed by atoms with Crippen molar-refractivity contribution in [3.8, 4) is 5.75 Å². The second kappa shape index (κ2) is 5.61. The molecule has 4 heteroatoms. The fraction of sp³-hybridized carbons (Fsp3) is 0.533. The van der Waals surface area contributed by atoms with Gasteiger partial charge in [0.15, 0.2) is 0 Å². The Kier molecular flexibility index (Phi) is 4.58. The van der Waals surface area contributed by atoms with Crippen LogP contribution in [0.1, 0.15) is 36.6 Å². The molecule has 19 heavy (non-hydrogen) atoms. The topological polar surface area (TPSA) is 61.5 Å². The van der Waals surface area contributed by atoms with Gasteiger partial charge in [0, 0.05) is 11.6 Å². The van der Waals surface area contributed by atoms with Gasteiger partial charge in [-0.15, -0.1) is 0 Å². The van der Waals surface area contributed by atoms with Gasteiger partial charge >= 0.3 is 5.97 Å². The molecule has 0 aliphatic carbocycles. The zero-order valence-corrected chi connectivity index (χ0v) is 12.5. The molecule has 1 aromatic rings. The Morgan fingerprint density at radius 1 is 1.26 bits per heavy atom. The van der Waals surface area contributed by atoms with Crippen molar-refractivity contribution in [1.29, 1.82) is 0 Å². The summed E-state index contributed by atoms with van der Waals surface area (Å²) in [5.74, 6) is 0.399. The van der Waals surface area contributed by atoms with Gasteiger partial charge in [0.05, 0.1) is 19.6 Å². The maximum Gasteiger partial charge on any atom is 0.313 e. The average molecular weight is 265 g/mol. The molecule has 2 N–H and O–H groups in total. The summed E-state index contributed by atoms with van der Waals surface area (Å²) in [5, 5.41) is 0. The third kappa shape index (κ3) is 2.89. The minimum absolute atomic E-state index is 0.332. The zero-order chi connectivity index (χ0) is 14.8. The van der Waals surface area contributed by atoms with E-state index in [1.165, 1.54) is 7.11 Å². The van der Waals surface area contributed by atoms with Gasteiger partial charge in [-0.3, -0.25) is 4.79 Å². The zero-order valence-electron chi connectivity index (χ0n) is 12.5. The number of nitrogens with two attached hydrogens (primary N) is 1. The number of hydrogen-bond donors (Lipinski definition) is 1. The lowest BCUT2D eigenvalue weighted by Crippen LogP contribution is -2.37. The average Bonchev–Trinajstić information content (AvgIpc) is 2.35. The van der Waals surface area contributed by atoms with Crippen LogP contribution in [-0.2, 0) is 9.53 Å². The van der Waals surface area contributed by atoms with Crippen LogP contribution < -0.4 is 10.5 Å². The molecular formula is C15H23NO3. The van der Waals surface area contributed by atoms with E-state index in [-0.39, 0.29) is 5.97 Å². The molecule has 0 saturated carbocycles. The highest BCUT2D eigenvalue weighted by Gasteiger charge is 2.38. The van der Waals surface area contributed by atoms with Crippen molar-refractivity contribution >= 4 is 5.97 Å². The Balaban J connectivity index is 3.33. The Hall–Kier alpha value is -1.55. The lowest BCUT2D eigenvalue weighted by molar-refractivity contribution is -0.152. The summed E-state index contributed by atoms with van der Waals surface area (Å²) in [6.45, 7) is 7.52. The van der Waals surface area contributed by atoms with Gasteiger partial charge in [-0.25, -0.2) is 0 Å². The van der Waals surface area contributed by atoms with Crippen molar-refractivity contribution in [1.82, 2.24) is 0 Å². The maximum absolute atomic E-state index is 11.9. The first kappa shape index (κ1) is 15.5. The molecule has 0 bridgehead atoms. The van der Waals surface area contributed by atoms with Crippen LogP contribution >= 0.6 is 0 Å². The predicted molar refractivity (Wildman–Crippen MR) is 75.2 cm³/mol. The SMILES string of the molecule is COC(=O)C(C)(C)C(N)c1cc(C)cc(C)c1OC. The van der Waals surface area contributed by atoms with Crippen LogP contribution in [0.5, 0.6) is 5.75 Å². The van der Waals surface area contributed by atoms with E-state index in [0.29, 0.717) is 0 Å². The number of aryl methyl sites for hydroxylation is 2. The van der Waals surface area contributed by atoms with Crippen molar-refractivity contribution in [3.05, 3.63) is 28.8 Å². The van der Waals surface area contributed by atoms with Crippen molar-refractivity contribution in [2.24, 2.45) is 11.1 Å². The smallest absolute Gasteiger partial charge is 0.313 e. The fourth-order valence-electron chi connectivity index (χ4n) is 2.28. The minimum atomic E-state index is -0.817. The van der Waals surface area contributed by atoms with E-state index in [1.807, 2.05) is 26.0 Å². The molecule has 0 saturated heterocycles. The molecular weight excluding hydrogens is 242 g/mol. The summed E-state index contributed by atoms with van der Waals surface area (Å²) in [5.41, 5.74) is 8.39. The van der Waals surface area contributed by atoms with E-state index < -0.39 is 11.5 Å². The summed E-state index contributed by atoms with van der Waals surface area (Å²) in [6.07, 6.45) is 0. The predicted octanol–water partition coefficient (Wildman–Crippen LogP) is 2.51. The van der Waals surface area contributed by atoms with Crippen LogP contribution in [0.25, 0.3) is 0 Å². The number of benzene rings is 1. The first-order valence-corrected chi connectivity index (χ1v) is 6.24. The molecule has 0 aliphatic rings. The number of methoxy groups -OCH3 is 2. The third-order valence-electron chi connectivity index (χ3n) is 3.48. The normalized spacial score (nSPS) is 13.0. The van der Waals surface area contributed by atoms with E-state index in [1.54, 1.807) is 21.0 Å². The summed E-state index contributed by atoms with van der Waals surface area (Å²) in [6, 6.07) is 3.50. The lowest BCUT2D eigenvalue weighted by Gasteiger charge is -2.30. The molecule has 0 radical (unpaired) electrons. The van der Waals surface area contributed by atoms with Gasteiger partial charge in [0.2, 0.25) is 0 Å². The monoisotopic (exact) mass is 265 g/mol. The van der Waals surface area contributed by atoms with Crippen molar-refractivity contribution in [2.75, 3.05) is 14.2 Å². The Labute approximate surface area is 114 Å². The molecule has 0 heterocycles. The van der Waals surface area contributed by atoms with Crippen LogP contribution in [0.3, 0.4) is 0 Å². The molecule has 0 fully saturated rings. The third-order valence-corrected chi connectivity index (χ3v) is 3.48. The van der Waals surface area contributed by atoms with Crippen molar-refractivity contribution in [2.45, 2.75) is 33.7 Å². The molecule has 0 spiro atoms. The number of carbonyl (C=O) groups is 1. The van der Waals surface area contributed by atoms with Gasteiger partial charge in [-0.2, -0.15) is 0 Å². The Morgan fingerprint density at radius 2 is 1.84 bits per heavy atom. The van der Waals surface area contributed by atoms with Crippen LogP contribution in [-0.4, -0.2) is 20.2 Å². The van der Waals surface area contributed by atoms with E-state index in [4.69, 9.17) is 15.2 Å². The van der Waals surface area contributed by atoms with Gasteiger partial charge < -0.3 is 15.2 Å². The highest BCUT2D eigenvalue weighted by atomic mass is 16.5. The molecule has 1 aromatic carbocycles. The molecule has 0 amide bonds. The highest BCUT2D eigenvalue weighted by Crippen LogP contribution is 2.38. The minimum Gasteiger partial charge on any atom is -0.496 e. The van der Waals surface area contributed by atoms with E-state index >= 15 is 0 Å². The molecule has 0 aliphatic heterocycles. The quantitative estimate of drug-likeness (QED) is 0.850. The molecule has 106 valence electrons. The Bertz CT molecular complexity index is 481. The molecule has 1 unspecified atom stereocenters. The van der Waals surface area contributed by atoms with Gasteiger partial charge in [-0.1, -0.05) is 17.7 Å². The Morgan fingerprint density at radius 3 is 2.32 bits per heavy atom. The lowest BCUT2D eigenvalue weighted by atomic mass is 9.80. The summed E-state index contributed by atoms with van der Waals surface area (Å²) >= 11 is 0. The second-order valence-corrected chi connectivity index (χ2v) is 5.40. The van der Waals surface area contributed by atoms with Crippen molar-refractivity contribution in [3.63, 3.8) is 0 Å². The number of ether oxygens (including phenoxy) is 2. The van der Waals surface area contributed by atoms with Crippen LogP contribution in [0, 0.1) is 19.3 Å². The maximum atomic E-state index is 11.9. The van der Waals surface area contributed by atoms with E-state index in [0.717, 1.165) is 22.4 Å². The summed E-state index contributed by atoms with van der Waals surface area (Å²) in [7, 11) is 2.98. The number of rotatable bonds is 4. The number of hydrogen-bond acceptors (Lipinski definition) is 4. The highest BCUT2D eigenvalue weighted by molar-refractivity contribution is 5.77. The molecule has 1 rings (SSSR count). The second-order valence-electron chi connectivity index (χ2n) is 5.40. The summed E-state index contributed by atoms with van der Waals surface area (Å²) < 4.78 is 10.3. The van der Waals surface area contributed by atoms with Crippen molar-refractivity contribution < 1.29 is 14.3 Å². The first-order chi connectivity index (χ1) is 8.75. The van der Waals surface area contributed by atoms with Crippen LogP contribution in [0.2, 0.25) is 0 Å². The van der Waals surface area contributed by atoms with E-state index in [2.05, 4.69) is 0 Å². The van der Waals surface area contributed by atoms with Gasteiger partial charge in [0.1, 0.15) is 5.75 Å². The summed E-state index contributed by atoms with van der Waals surface area (Å²) in [4.78, 5) is 11.9. The first-order valence-electron chi connectivity index (χ1n) is 6.24. The number of esters is 1. The largest absolute Gasteiger partial charge is 0.496 e. The van der Waals surface area contributed by atoms with Crippen LogP contribution in [0.15, 0.2) is 12.1 Å². The number of carbonyl (C=O) groups excluding carboxylic acids is 1. The molecule has 1 atom stereocenters. The molecule has 0 aromatic heterocycles. The van der Waals surface area contributed by atoms with E-state index in [9.17, 15) is 4.79 Å². The molecule has 4 nitrogen and oxygen atoms in total.